The SMILES string of the molecule is CCONCc1cn(CC(OCCC#N)c2cc(F)ccc2OC)c(=O)n(CC(C)(C)C(=O)OCC)c1=O. The van der Waals surface area contributed by atoms with Gasteiger partial charge in [0.05, 0.1) is 63.5 Å². The van der Waals surface area contributed by atoms with E-state index in [9.17, 15) is 18.8 Å². The van der Waals surface area contributed by atoms with Crippen molar-refractivity contribution in [3.05, 3.63) is 62.2 Å². The van der Waals surface area contributed by atoms with Crippen LogP contribution < -0.4 is 21.5 Å². The van der Waals surface area contributed by atoms with E-state index in [0.29, 0.717) is 17.9 Å². The second kappa shape index (κ2) is 14.4. The fourth-order valence-corrected chi connectivity index (χ4v) is 3.75. The van der Waals surface area contributed by atoms with Crippen LogP contribution in [0.4, 0.5) is 4.39 Å². The number of hydroxylamine groups is 1. The highest BCUT2D eigenvalue weighted by Crippen LogP contribution is 2.30. The molecule has 1 unspecified atom stereocenters. The third kappa shape index (κ3) is 7.98. The van der Waals surface area contributed by atoms with Crippen molar-refractivity contribution in [2.45, 2.75) is 59.9 Å². The zero-order valence-corrected chi connectivity index (χ0v) is 22.4. The van der Waals surface area contributed by atoms with Gasteiger partial charge in [-0.25, -0.2) is 9.18 Å². The van der Waals surface area contributed by atoms with Gasteiger partial charge in [-0.1, -0.05) is 0 Å². The molecule has 0 spiro atoms. The fraction of sp³-hybridized carbons (Fsp3) is 0.538. The molecule has 0 radical (unpaired) electrons. The molecule has 0 saturated carbocycles. The van der Waals surface area contributed by atoms with Crippen molar-refractivity contribution in [1.29, 1.82) is 5.26 Å². The van der Waals surface area contributed by atoms with Crippen LogP contribution in [-0.4, -0.2) is 42.0 Å². The Morgan fingerprint density at radius 3 is 2.61 bits per heavy atom. The summed E-state index contributed by atoms with van der Waals surface area (Å²) in [7, 11) is 1.42. The lowest BCUT2D eigenvalue weighted by Crippen LogP contribution is -2.47. The highest BCUT2D eigenvalue weighted by atomic mass is 19.1. The molecule has 0 fully saturated rings. The summed E-state index contributed by atoms with van der Waals surface area (Å²) in [5.74, 6) is -0.765. The first-order valence-electron chi connectivity index (χ1n) is 12.3. The van der Waals surface area contributed by atoms with E-state index >= 15 is 0 Å². The Morgan fingerprint density at radius 1 is 1.24 bits per heavy atom. The molecule has 38 heavy (non-hydrogen) atoms. The van der Waals surface area contributed by atoms with Crippen LogP contribution in [0.3, 0.4) is 0 Å². The molecular weight excluding hydrogens is 499 g/mol. The van der Waals surface area contributed by atoms with Gasteiger partial charge in [-0.2, -0.15) is 10.7 Å². The number of benzene rings is 1. The van der Waals surface area contributed by atoms with E-state index in [4.69, 9.17) is 24.3 Å². The number of nitrogens with one attached hydrogen (secondary N) is 1. The van der Waals surface area contributed by atoms with Crippen LogP contribution in [0, 0.1) is 22.6 Å². The molecule has 0 aliphatic rings. The maximum absolute atomic E-state index is 14.2. The Balaban J connectivity index is 2.62. The summed E-state index contributed by atoms with van der Waals surface area (Å²) in [6, 6.07) is 5.89. The van der Waals surface area contributed by atoms with Gasteiger partial charge in [0.25, 0.3) is 5.56 Å². The Morgan fingerprint density at radius 2 is 1.97 bits per heavy atom. The van der Waals surface area contributed by atoms with Gasteiger partial charge in [-0.3, -0.25) is 18.7 Å². The van der Waals surface area contributed by atoms with Gasteiger partial charge in [0.15, 0.2) is 0 Å². The van der Waals surface area contributed by atoms with Crippen molar-refractivity contribution in [3.63, 3.8) is 0 Å². The standard InChI is InChI=1S/C26H35FN4O7/c1-6-36-24(33)26(3,4)17-31-23(32)18(14-29-38-7-2)15-30(25(31)34)16-22(37-12-8-11-28)20-13-19(27)9-10-21(20)35-5/h9-10,13,15,22,29H,6-8,12,14,16-17H2,1-5H3. The van der Waals surface area contributed by atoms with E-state index in [-0.39, 0.29) is 44.8 Å². The zero-order chi connectivity index (χ0) is 28.3. The number of halogens is 1. The number of methoxy groups -OCH3 is 1. The first kappa shape index (κ1) is 30.7. The molecule has 1 atom stereocenters. The van der Waals surface area contributed by atoms with Crippen LogP contribution in [0.15, 0.2) is 34.0 Å². The lowest BCUT2D eigenvalue weighted by atomic mass is 9.93. The molecule has 0 saturated heterocycles. The normalized spacial score (nSPS) is 12.1. The molecule has 11 nitrogen and oxygen atoms in total. The molecule has 1 aromatic heterocycles. The topological polar surface area (TPSA) is 134 Å². The van der Waals surface area contributed by atoms with Crippen molar-refractivity contribution < 1.29 is 28.2 Å². The lowest BCUT2D eigenvalue weighted by molar-refractivity contribution is -0.154. The minimum atomic E-state index is -1.18. The predicted molar refractivity (Wildman–Crippen MR) is 136 cm³/mol. The van der Waals surface area contributed by atoms with Crippen LogP contribution in [0.5, 0.6) is 5.75 Å². The van der Waals surface area contributed by atoms with Crippen molar-refractivity contribution in [3.8, 4) is 11.8 Å². The molecule has 0 aliphatic heterocycles. The van der Waals surface area contributed by atoms with Crippen molar-refractivity contribution in [2.75, 3.05) is 26.9 Å². The quantitative estimate of drug-likeness (QED) is 0.208. The summed E-state index contributed by atoms with van der Waals surface area (Å²) in [6.07, 6.45) is 0.542. The zero-order valence-electron chi connectivity index (χ0n) is 22.4. The lowest BCUT2D eigenvalue weighted by Gasteiger charge is -2.25. The van der Waals surface area contributed by atoms with E-state index in [1.807, 2.05) is 6.07 Å². The Hall–Kier alpha value is -3.53. The van der Waals surface area contributed by atoms with Crippen molar-refractivity contribution in [2.24, 2.45) is 5.41 Å². The van der Waals surface area contributed by atoms with Crippen LogP contribution in [0.25, 0.3) is 0 Å². The largest absolute Gasteiger partial charge is 0.496 e. The summed E-state index contributed by atoms with van der Waals surface area (Å²) in [5, 5.41) is 8.96. The van der Waals surface area contributed by atoms with Gasteiger partial charge in [-0.05, 0) is 45.9 Å². The summed E-state index contributed by atoms with van der Waals surface area (Å²) in [4.78, 5) is 44.5. The summed E-state index contributed by atoms with van der Waals surface area (Å²) in [5.41, 5.74) is 0.714. The first-order valence-corrected chi connectivity index (χ1v) is 12.3. The smallest absolute Gasteiger partial charge is 0.331 e. The molecule has 208 valence electrons. The van der Waals surface area contributed by atoms with Gasteiger partial charge in [0.1, 0.15) is 17.7 Å². The van der Waals surface area contributed by atoms with Crippen LogP contribution in [-0.2, 0) is 38.7 Å². The molecule has 1 heterocycles. The van der Waals surface area contributed by atoms with Crippen molar-refractivity contribution >= 4 is 5.97 Å². The first-order chi connectivity index (χ1) is 18.1. The molecular formula is C26H35FN4O7. The van der Waals surface area contributed by atoms with Crippen LogP contribution in [0.1, 0.15) is 51.3 Å². The monoisotopic (exact) mass is 534 g/mol. The van der Waals surface area contributed by atoms with E-state index in [1.165, 1.54) is 36.1 Å². The molecule has 0 amide bonds. The van der Waals surface area contributed by atoms with Gasteiger partial charge in [0, 0.05) is 18.3 Å². The molecule has 0 aliphatic carbocycles. The predicted octanol–water partition coefficient (Wildman–Crippen LogP) is 2.46. The number of hydrogen-bond donors (Lipinski definition) is 1. The Bertz CT molecular complexity index is 1250. The third-order valence-electron chi connectivity index (χ3n) is 5.63. The number of hydrogen-bond acceptors (Lipinski definition) is 9. The number of carbonyl (C=O) groups excluding carboxylic acids is 1. The summed E-state index contributed by atoms with van der Waals surface area (Å²) in [6.45, 7) is 6.72. The van der Waals surface area contributed by atoms with E-state index < -0.39 is 34.6 Å². The fourth-order valence-electron chi connectivity index (χ4n) is 3.75. The second-order valence-electron chi connectivity index (χ2n) is 8.99. The molecule has 12 heteroatoms. The number of carbonyl (C=O) groups is 1. The van der Waals surface area contributed by atoms with E-state index in [1.54, 1.807) is 27.7 Å². The Kier molecular flexibility index (Phi) is 11.6. The Labute approximate surface area is 220 Å². The molecule has 0 bridgehead atoms. The second-order valence-corrected chi connectivity index (χ2v) is 8.99. The number of nitrogens with zero attached hydrogens (tertiary/aromatic N) is 3. The molecule has 2 rings (SSSR count). The number of aromatic nitrogens is 2. The average Bonchev–Trinajstić information content (AvgIpc) is 2.88. The number of ether oxygens (including phenoxy) is 3. The average molecular weight is 535 g/mol. The van der Waals surface area contributed by atoms with Gasteiger partial charge in [0.2, 0.25) is 0 Å². The van der Waals surface area contributed by atoms with E-state index in [2.05, 4.69) is 5.48 Å². The van der Waals surface area contributed by atoms with Crippen LogP contribution in [0.2, 0.25) is 0 Å². The highest BCUT2D eigenvalue weighted by Gasteiger charge is 2.32. The van der Waals surface area contributed by atoms with Crippen molar-refractivity contribution in [1.82, 2.24) is 14.6 Å². The van der Waals surface area contributed by atoms with Gasteiger partial charge in [-0.15, -0.1) is 0 Å². The maximum atomic E-state index is 14.2. The molecule has 1 aromatic carbocycles. The van der Waals surface area contributed by atoms with E-state index in [0.717, 1.165) is 4.57 Å². The summed E-state index contributed by atoms with van der Waals surface area (Å²) >= 11 is 0. The number of esters is 1. The van der Waals surface area contributed by atoms with Gasteiger partial charge < -0.3 is 19.0 Å². The summed E-state index contributed by atoms with van der Waals surface area (Å²) < 4.78 is 32.8. The van der Waals surface area contributed by atoms with Gasteiger partial charge >= 0.3 is 11.7 Å². The number of rotatable bonds is 15. The maximum Gasteiger partial charge on any atom is 0.331 e. The highest BCUT2D eigenvalue weighted by molar-refractivity contribution is 5.75. The minimum absolute atomic E-state index is 0.0177. The van der Waals surface area contributed by atoms with Crippen LogP contribution >= 0.6 is 0 Å². The molecule has 1 N–H and O–H groups in total. The minimum Gasteiger partial charge on any atom is -0.496 e. The third-order valence-corrected chi connectivity index (χ3v) is 5.63. The number of nitriles is 1. The molecule has 2 aromatic rings.